The van der Waals surface area contributed by atoms with Gasteiger partial charge in [-0.05, 0) is 43.9 Å². The molecule has 4 nitrogen and oxygen atoms in total. The van der Waals surface area contributed by atoms with Crippen molar-refractivity contribution in [1.82, 2.24) is 10.2 Å². The number of nitrogens with one attached hydrogen (secondary N) is 1. The zero-order valence-electron chi connectivity index (χ0n) is 12.4. The number of carbonyl (C=O) groups excluding carboxylic acids is 2. The highest BCUT2D eigenvalue weighted by Crippen LogP contribution is 2.36. The second-order valence-electron chi connectivity index (χ2n) is 6.74. The lowest BCUT2D eigenvalue weighted by atomic mass is 9.88. The first-order valence-electron chi connectivity index (χ1n) is 8.31. The molecule has 2 saturated carbocycles. The van der Waals surface area contributed by atoms with Crippen molar-refractivity contribution in [2.45, 2.75) is 70.4 Å². The standard InChI is InChI=1S/C16H26N2O2/c1-2-13-15(19)17-14(12-8-9-12)16(20)18(13)10-11-6-4-3-5-7-11/h11-14H,2-10H2,1H3,(H,17,19). The van der Waals surface area contributed by atoms with E-state index >= 15 is 0 Å². The SMILES string of the molecule is CCC1C(=O)NC(C2CC2)C(=O)N1CC1CCCCC1. The van der Waals surface area contributed by atoms with Crippen LogP contribution in [0.3, 0.4) is 0 Å². The molecule has 3 rings (SSSR count). The highest BCUT2D eigenvalue weighted by molar-refractivity contribution is 5.97. The zero-order chi connectivity index (χ0) is 14.1. The van der Waals surface area contributed by atoms with Crippen molar-refractivity contribution >= 4 is 11.8 Å². The fourth-order valence-electron chi connectivity index (χ4n) is 3.80. The molecule has 2 aliphatic carbocycles. The van der Waals surface area contributed by atoms with Crippen LogP contribution < -0.4 is 5.32 Å². The summed E-state index contributed by atoms with van der Waals surface area (Å²) in [5.41, 5.74) is 0. The van der Waals surface area contributed by atoms with E-state index in [9.17, 15) is 9.59 Å². The molecule has 3 aliphatic rings. The molecule has 2 amide bonds. The van der Waals surface area contributed by atoms with Crippen molar-refractivity contribution in [2.75, 3.05) is 6.54 Å². The summed E-state index contributed by atoms with van der Waals surface area (Å²) in [5, 5.41) is 2.97. The first kappa shape index (κ1) is 13.9. The largest absolute Gasteiger partial charge is 0.342 e. The Hall–Kier alpha value is -1.06. The van der Waals surface area contributed by atoms with E-state index in [1.807, 2.05) is 11.8 Å². The average molecular weight is 278 g/mol. The summed E-state index contributed by atoms with van der Waals surface area (Å²) in [6.45, 7) is 2.80. The van der Waals surface area contributed by atoms with Gasteiger partial charge in [0.1, 0.15) is 12.1 Å². The number of carbonyl (C=O) groups is 2. The Morgan fingerprint density at radius 1 is 1.10 bits per heavy atom. The zero-order valence-corrected chi connectivity index (χ0v) is 12.4. The smallest absolute Gasteiger partial charge is 0.246 e. The van der Waals surface area contributed by atoms with E-state index in [2.05, 4.69) is 5.32 Å². The maximum atomic E-state index is 12.7. The quantitative estimate of drug-likeness (QED) is 0.856. The summed E-state index contributed by atoms with van der Waals surface area (Å²) < 4.78 is 0. The maximum Gasteiger partial charge on any atom is 0.246 e. The average Bonchev–Trinajstić information content (AvgIpc) is 3.28. The normalized spacial score (nSPS) is 32.4. The highest BCUT2D eigenvalue weighted by Gasteiger charge is 2.46. The van der Waals surface area contributed by atoms with Crippen LogP contribution in [-0.2, 0) is 9.59 Å². The van der Waals surface area contributed by atoms with Crippen LogP contribution in [0.5, 0.6) is 0 Å². The van der Waals surface area contributed by atoms with Gasteiger partial charge in [-0.25, -0.2) is 0 Å². The predicted molar refractivity (Wildman–Crippen MR) is 77.0 cm³/mol. The van der Waals surface area contributed by atoms with E-state index < -0.39 is 0 Å². The lowest BCUT2D eigenvalue weighted by Crippen LogP contribution is -2.64. The lowest BCUT2D eigenvalue weighted by Gasteiger charge is -2.41. The molecule has 2 atom stereocenters. The third-order valence-electron chi connectivity index (χ3n) is 5.19. The first-order valence-corrected chi connectivity index (χ1v) is 8.31. The van der Waals surface area contributed by atoms with Gasteiger partial charge in [0.15, 0.2) is 0 Å². The fourth-order valence-corrected chi connectivity index (χ4v) is 3.80. The van der Waals surface area contributed by atoms with Gasteiger partial charge in [-0.2, -0.15) is 0 Å². The Morgan fingerprint density at radius 2 is 1.80 bits per heavy atom. The summed E-state index contributed by atoms with van der Waals surface area (Å²) in [6, 6.07) is -0.465. The second-order valence-corrected chi connectivity index (χ2v) is 6.74. The molecule has 1 heterocycles. The molecule has 0 aromatic carbocycles. The molecular formula is C16H26N2O2. The van der Waals surface area contributed by atoms with Crippen LogP contribution in [0.25, 0.3) is 0 Å². The van der Waals surface area contributed by atoms with E-state index in [1.165, 1.54) is 32.1 Å². The molecule has 0 radical (unpaired) electrons. The molecule has 2 unspecified atom stereocenters. The monoisotopic (exact) mass is 278 g/mol. The summed E-state index contributed by atoms with van der Waals surface area (Å²) in [5.74, 6) is 1.26. The number of nitrogens with zero attached hydrogens (tertiary/aromatic N) is 1. The minimum absolute atomic E-state index is 0.0693. The van der Waals surface area contributed by atoms with Gasteiger partial charge in [-0.15, -0.1) is 0 Å². The van der Waals surface area contributed by atoms with Gasteiger partial charge in [0, 0.05) is 6.54 Å². The number of rotatable bonds is 4. The maximum absolute atomic E-state index is 12.7. The minimum atomic E-state index is -0.237. The molecule has 0 aromatic heterocycles. The third-order valence-corrected chi connectivity index (χ3v) is 5.19. The summed E-state index contributed by atoms with van der Waals surface area (Å²) in [4.78, 5) is 26.9. The highest BCUT2D eigenvalue weighted by atomic mass is 16.2. The molecule has 4 heteroatoms. The van der Waals surface area contributed by atoms with Gasteiger partial charge >= 0.3 is 0 Å². The molecule has 1 aliphatic heterocycles. The topological polar surface area (TPSA) is 49.4 Å². The molecule has 0 aromatic rings. The lowest BCUT2D eigenvalue weighted by molar-refractivity contribution is -0.151. The van der Waals surface area contributed by atoms with Crippen molar-refractivity contribution in [2.24, 2.45) is 11.8 Å². The number of hydrogen-bond acceptors (Lipinski definition) is 2. The van der Waals surface area contributed by atoms with Crippen LogP contribution in [0.2, 0.25) is 0 Å². The molecule has 0 bridgehead atoms. The van der Waals surface area contributed by atoms with Crippen LogP contribution in [0.4, 0.5) is 0 Å². The number of amides is 2. The fraction of sp³-hybridized carbons (Fsp3) is 0.875. The van der Waals surface area contributed by atoms with Gasteiger partial charge in [0.2, 0.25) is 11.8 Å². The Balaban J connectivity index is 1.71. The van der Waals surface area contributed by atoms with Crippen molar-refractivity contribution < 1.29 is 9.59 Å². The Bertz CT molecular complexity index is 386. The Morgan fingerprint density at radius 3 is 2.40 bits per heavy atom. The molecule has 20 heavy (non-hydrogen) atoms. The van der Waals surface area contributed by atoms with E-state index in [0.29, 0.717) is 11.8 Å². The molecule has 112 valence electrons. The van der Waals surface area contributed by atoms with Crippen LogP contribution in [0.1, 0.15) is 58.3 Å². The second kappa shape index (κ2) is 5.74. The molecule has 0 spiro atoms. The van der Waals surface area contributed by atoms with Gasteiger partial charge in [-0.1, -0.05) is 26.2 Å². The molecule has 1 saturated heterocycles. The molecule has 3 fully saturated rings. The van der Waals surface area contributed by atoms with Crippen molar-refractivity contribution in [3.05, 3.63) is 0 Å². The van der Waals surface area contributed by atoms with Crippen molar-refractivity contribution in [3.63, 3.8) is 0 Å². The van der Waals surface area contributed by atoms with E-state index in [1.54, 1.807) is 0 Å². The van der Waals surface area contributed by atoms with Crippen LogP contribution >= 0.6 is 0 Å². The summed E-state index contributed by atoms with van der Waals surface area (Å²) in [7, 11) is 0. The summed E-state index contributed by atoms with van der Waals surface area (Å²) >= 11 is 0. The van der Waals surface area contributed by atoms with Crippen molar-refractivity contribution in [1.29, 1.82) is 0 Å². The number of piperazine rings is 1. The summed E-state index contributed by atoms with van der Waals surface area (Å²) in [6.07, 6.45) is 9.22. The van der Waals surface area contributed by atoms with E-state index in [4.69, 9.17) is 0 Å². The van der Waals surface area contributed by atoms with Gasteiger partial charge in [0.05, 0.1) is 0 Å². The van der Waals surface area contributed by atoms with E-state index in [0.717, 1.165) is 25.8 Å². The first-order chi connectivity index (χ1) is 9.70. The van der Waals surface area contributed by atoms with Crippen LogP contribution in [0.15, 0.2) is 0 Å². The molecule has 1 N–H and O–H groups in total. The van der Waals surface area contributed by atoms with E-state index in [-0.39, 0.29) is 23.9 Å². The molecular weight excluding hydrogens is 252 g/mol. The van der Waals surface area contributed by atoms with Crippen molar-refractivity contribution in [3.8, 4) is 0 Å². The predicted octanol–water partition coefficient (Wildman–Crippen LogP) is 2.08. The van der Waals surface area contributed by atoms with Crippen LogP contribution in [-0.4, -0.2) is 35.3 Å². The number of hydrogen-bond donors (Lipinski definition) is 1. The Kier molecular flexibility index (Phi) is 3.99. The van der Waals surface area contributed by atoms with Gasteiger partial charge < -0.3 is 10.2 Å². The van der Waals surface area contributed by atoms with Crippen LogP contribution in [0, 0.1) is 11.8 Å². The van der Waals surface area contributed by atoms with Gasteiger partial charge in [-0.3, -0.25) is 9.59 Å². The Labute approximate surface area is 121 Å². The third kappa shape index (κ3) is 2.70. The minimum Gasteiger partial charge on any atom is -0.342 e. The van der Waals surface area contributed by atoms with Gasteiger partial charge in [0.25, 0.3) is 0 Å².